The van der Waals surface area contributed by atoms with Gasteiger partial charge in [0.05, 0.1) is 11.0 Å². The Bertz CT molecular complexity index is 3250. The van der Waals surface area contributed by atoms with Crippen LogP contribution in [0.2, 0.25) is 0 Å². The van der Waals surface area contributed by atoms with Gasteiger partial charge in [0.2, 0.25) is 0 Å². The van der Waals surface area contributed by atoms with Crippen LogP contribution in [-0.2, 0) is 11.8 Å². The molecule has 1 aliphatic rings. The summed E-state index contributed by atoms with van der Waals surface area (Å²) in [5.41, 5.74) is 13.0. The molecule has 5 heteroatoms. The molecule has 0 fully saturated rings. The Kier molecular flexibility index (Phi) is 7.73. The van der Waals surface area contributed by atoms with Crippen molar-refractivity contribution in [3.05, 3.63) is 187 Å². The van der Waals surface area contributed by atoms with Crippen molar-refractivity contribution in [1.29, 1.82) is 0 Å². The van der Waals surface area contributed by atoms with Gasteiger partial charge in [0.25, 0.3) is 0 Å². The Hall–Kier alpha value is -7.24. The van der Waals surface area contributed by atoms with Gasteiger partial charge in [-0.2, -0.15) is 0 Å². The van der Waals surface area contributed by atoms with Crippen molar-refractivity contribution in [2.45, 2.75) is 32.6 Å². The van der Waals surface area contributed by atoms with Crippen LogP contribution in [0.5, 0.6) is 0 Å². The summed E-state index contributed by atoms with van der Waals surface area (Å²) in [4.78, 5) is 21.1. The standard InChI is InChI=1S/C53H39N5/c1-4-48-54-46-27-14-15-28-47(46)58(48)37-30-35(43-32-34-19-8-9-20-38(34)39-21-10-11-22-40(39)43)29-36(31-37)51-55-50(33-17-6-5-7-18-33)56-52(57-51)42-24-16-26-45-49(42)41-23-12-13-25-44(41)53(45,2)3/h5-32H,4H2,1-3H3. The average molecular weight is 746 g/mol. The Balaban J connectivity index is 1.21. The molecule has 0 radical (unpaired) electrons. The summed E-state index contributed by atoms with van der Waals surface area (Å²) in [5, 5.41) is 4.85. The van der Waals surface area contributed by atoms with Crippen molar-refractivity contribution in [2.75, 3.05) is 0 Å². The normalized spacial score (nSPS) is 12.9. The van der Waals surface area contributed by atoms with Crippen LogP contribution in [0.3, 0.4) is 0 Å². The number of benzene rings is 8. The summed E-state index contributed by atoms with van der Waals surface area (Å²) in [6.07, 6.45) is 0.776. The highest BCUT2D eigenvalue weighted by Gasteiger charge is 2.37. The second-order valence-corrected chi connectivity index (χ2v) is 15.7. The zero-order chi connectivity index (χ0) is 39.0. The molecule has 0 unspecified atom stereocenters. The average Bonchev–Trinajstić information content (AvgIpc) is 3.78. The van der Waals surface area contributed by atoms with E-state index < -0.39 is 0 Å². The summed E-state index contributed by atoms with van der Waals surface area (Å²) in [7, 11) is 0. The maximum Gasteiger partial charge on any atom is 0.164 e. The lowest BCUT2D eigenvalue weighted by molar-refractivity contribution is 0.660. The first-order valence-corrected chi connectivity index (χ1v) is 20.0. The van der Waals surface area contributed by atoms with Gasteiger partial charge in [-0.05, 0) is 91.3 Å². The first kappa shape index (κ1) is 34.0. The van der Waals surface area contributed by atoms with Crippen LogP contribution < -0.4 is 0 Å². The lowest BCUT2D eigenvalue weighted by Gasteiger charge is -2.21. The van der Waals surface area contributed by atoms with Gasteiger partial charge in [0.1, 0.15) is 5.82 Å². The van der Waals surface area contributed by atoms with E-state index in [-0.39, 0.29) is 5.41 Å². The molecule has 8 aromatic carbocycles. The monoisotopic (exact) mass is 745 g/mol. The molecule has 10 aromatic rings. The predicted molar refractivity (Wildman–Crippen MR) is 238 cm³/mol. The van der Waals surface area contributed by atoms with Crippen LogP contribution >= 0.6 is 0 Å². The molecule has 276 valence electrons. The number of para-hydroxylation sites is 2. The summed E-state index contributed by atoms with van der Waals surface area (Å²) in [5.74, 6) is 2.89. The van der Waals surface area contributed by atoms with Crippen LogP contribution in [0.15, 0.2) is 170 Å². The second-order valence-electron chi connectivity index (χ2n) is 15.7. The number of aryl methyl sites for hydroxylation is 1. The molecule has 11 rings (SSSR count). The van der Waals surface area contributed by atoms with Crippen LogP contribution in [0, 0.1) is 0 Å². The van der Waals surface area contributed by atoms with E-state index in [1.165, 1.54) is 43.8 Å². The topological polar surface area (TPSA) is 56.5 Å². The fourth-order valence-corrected chi connectivity index (χ4v) is 9.20. The van der Waals surface area contributed by atoms with Crippen molar-refractivity contribution in [3.63, 3.8) is 0 Å². The molecular formula is C53H39N5. The molecule has 0 atom stereocenters. The summed E-state index contributed by atoms with van der Waals surface area (Å²) in [6, 6.07) is 60.4. The number of aromatic nitrogens is 5. The molecule has 0 amide bonds. The predicted octanol–water partition coefficient (Wildman–Crippen LogP) is 13.1. The van der Waals surface area contributed by atoms with Gasteiger partial charge >= 0.3 is 0 Å². The van der Waals surface area contributed by atoms with E-state index in [9.17, 15) is 0 Å². The number of hydrogen-bond acceptors (Lipinski definition) is 4. The fourth-order valence-electron chi connectivity index (χ4n) is 9.20. The third-order valence-electron chi connectivity index (χ3n) is 12.0. The Morgan fingerprint density at radius 2 is 1.10 bits per heavy atom. The zero-order valence-corrected chi connectivity index (χ0v) is 32.6. The van der Waals surface area contributed by atoms with Gasteiger partial charge in [-0.25, -0.2) is 19.9 Å². The number of rotatable bonds is 6. The molecule has 0 saturated carbocycles. The van der Waals surface area contributed by atoms with Gasteiger partial charge in [-0.1, -0.05) is 154 Å². The Labute approximate surface area is 337 Å². The molecule has 0 spiro atoms. The maximum absolute atomic E-state index is 5.42. The van der Waals surface area contributed by atoms with Gasteiger partial charge in [-0.3, -0.25) is 4.57 Å². The molecule has 2 heterocycles. The molecule has 1 aliphatic carbocycles. The minimum atomic E-state index is -0.156. The SMILES string of the molecule is CCc1nc2ccccc2n1-c1cc(-c2nc(-c3ccccc3)nc(-c3cccc4c3-c3ccccc3C4(C)C)n2)cc(-c2cc3ccccc3c3ccccc23)c1. The highest BCUT2D eigenvalue weighted by molar-refractivity contribution is 6.14. The van der Waals surface area contributed by atoms with Crippen molar-refractivity contribution in [2.24, 2.45) is 0 Å². The second kappa shape index (κ2) is 13.2. The van der Waals surface area contributed by atoms with E-state index in [0.29, 0.717) is 17.5 Å². The van der Waals surface area contributed by atoms with Gasteiger partial charge in [-0.15, -0.1) is 0 Å². The van der Waals surface area contributed by atoms with E-state index in [1.54, 1.807) is 0 Å². The maximum atomic E-state index is 5.42. The molecule has 5 nitrogen and oxygen atoms in total. The smallest absolute Gasteiger partial charge is 0.164 e. The highest BCUT2D eigenvalue weighted by Crippen LogP contribution is 2.51. The third kappa shape index (κ3) is 5.31. The van der Waals surface area contributed by atoms with Crippen LogP contribution in [-0.4, -0.2) is 24.5 Å². The lowest BCUT2D eigenvalue weighted by Crippen LogP contribution is -2.14. The van der Waals surface area contributed by atoms with E-state index in [2.05, 4.69) is 177 Å². The van der Waals surface area contributed by atoms with Crippen molar-refractivity contribution >= 4 is 32.6 Å². The fraction of sp³-hybridized carbons (Fsp3) is 0.0943. The molecule has 58 heavy (non-hydrogen) atoms. The number of hydrogen-bond donors (Lipinski definition) is 0. The summed E-state index contributed by atoms with van der Waals surface area (Å²) >= 11 is 0. The van der Waals surface area contributed by atoms with E-state index in [4.69, 9.17) is 19.9 Å². The Morgan fingerprint density at radius 1 is 0.466 bits per heavy atom. The minimum absolute atomic E-state index is 0.156. The number of nitrogens with zero attached hydrogens (tertiary/aromatic N) is 5. The van der Waals surface area contributed by atoms with Crippen molar-refractivity contribution in [1.82, 2.24) is 24.5 Å². The summed E-state index contributed by atoms with van der Waals surface area (Å²) < 4.78 is 2.30. The third-order valence-corrected chi connectivity index (χ3v) is 12.0. The molecule has 2 aromatic heterocycles. The van der Waals surface area contributed by atoms with Crippen molar-refractivity contribution in [3.8, 4) is 62.1 Å². The van der Waals surface area contributed by atoms with Crippen LogP contribution in [0.25, 0.3) is 94.7 Å². The first-order valence-electron chi connectivity index (χ1n) is 20.0. The molecule has 0 saturated heterocycles. The minimum Gasteiger partial charge on any atom is -0.296 e. The van der Waals surface area contributed by atoms with Crippen LogP contribution in [0.1, 0.15) is 37.7 Å². The lowest BCUT2D eigenvalue weighted by atomic mass is 9.82. The van der Waals surface area contributed by atoms with E-state index in [1.807, 2.05) is 18.2 Å². The Morgan fingerprint density at radius 3 is 1.95 bits per heavy atom. The highest BCUT2D eigenvalue weighted by atomic mass is 15.1. The van der Waals surface area contributed by atoms with E-state index >= 15 is 0 Å². The van der Waals surface area contributed by atoms with Gasteiger partial charge in [0.15, 0.2) is 17.5 Å². The van der Waals surface area contributed by atoms with Gasteiger partial charge in [0, 0.05) is 34.2 Å². The van der Waals surface area contributed by atoms with Gasteiger partial charge < -0.3 is 0 Å². The summed E-state index contributed by atoms with van der Waals surface area (Å²) in [6.45, 7) is 6.79. The molecule has 0 bridgehead atoms. The van der Waals surface area contributed by atoms with Crippen LogP contribution in [0.4, 0.5) is 0 Å². The molecular weight excluding hydrogens is 707 g/mol. The molecule has 0 aliphatic heterocycles. The first-order chi connectivity index (χ1) is 28.5. The molecule has 0 N–H and O–H groups in total. The van der Waals surface area contributed by atoms with E-state index in [0.717, 1.165) is 56.8 Å². The number of fused-ring (bicyclic) bond motifs is 7. The quantitative estimate of drug-likeness (QED) is 0.159. The van der Waals surface area contributed by atoms with Crippen molar-refractivity contribution < 1.29 is 0 Å². The largest absolute Gasteiger partial charge is 0.296 e. The zero-order valence-electron chi connectivity index (χ0n) is 32.6. The number of imidazole rings is 1.